The third-order valence-corrected chi connectivity index (χ3v) is 5.31. The fourth-order valence-electron chi connectivity index (χ4n) is 2.60. The summed E-state index contributed by atoms with van der Waals surface area (Å²) in [5.74, 6) is 0.699. The minimum Gasteiger partial charge on any atom is -0.496 e. The van der Waals surface area contributed by atoms with Gasteiger partial charge in [-0.25, -0.2) is 0 Å². The normalized spacial score (nSPS) is 13.7. The molecule has 0 atom stereocenters. The Kier molecular flexibility index (Phi) is 6.42. The molecular formula is C20H19ClN2O3S. The number of rotatable bonds is 5. The van der Waals surface area contributed by atoms with Crippen molar-refractivity contribution in [1.82, 2.24) is 5.32 Å². The highest BCUT2D eigenvalue weighted by Gasteiger charge is 2.21. The van der Waals surface area contributed by atoms with E-state index < -0.39 is 0 Å². The molecule has 7 heteroatoms. The second-order valence-electron chi connectivity index (χ2n) is 5.89. The minimum absolute atomic E-state index is 0.295. The lowest BCUT2D eigenvalue weighted by Crippen LogP contribution is -2.25. The van der Waals surface area contributed by atoms with Gasteiger partial charge in [0.05, 0.1) is 17.9 Å². The smallest absolute Gasteiger partial charge is 0.265 e. The number of allylic oxidation sites excluding steroid dienone is 1. The molecule has 0 radical (unpaired) electrons. The van der Waals surface area contributed by atoms with Gasteiger partial charge in [-0.05, 0) is 30.7 Å². The Balaban J connectivity index is 1.76. The lowest BCUT2D eigenvalue weighted by molar-refractivity contribution is -0.112. The molecule has 0 saturated carbocycles. The second-order valence-corrected chi connectivity index (χ2v) is 7.44. The molecule has 0 saturated heterocycles. The van der Waals surface area contributed by atoms with Crippen LogP contribution in [0.1, 0.15) is 22.8 Å². The Morgan fingerprint density at radius 2 is 1.93 bits per heavy atom. The van der Waals surface area contributed by atoms with Crippen LogP contribution in [0.2, 0.25) is 5.02 Å². The monoisotopic (exact) mass is 402 g/mol. The number of hydrogen-bond acceptors (Lipinski definition) is 4. The fourth-order valence-corrected chi connectivity index (χ4v) is 3.58. The van der Waals surface area contributed by atoms with E-state index in [1.54, 1.807) is 25.1 Å². The van der Waals surface area contributed by atoms with Gasteiger partial charge in [-0.2, -0.15) is 0 Å². The van der Waals surface area contributed by atoms with Crippen molar-refractivity contribution in [2.24, 2.45) is 0 Å². The first-order valence-electron chi connectivity index (χ1n) is 8.44. The Morgan fingerprint density at radius 3 is 2.67 bits per heavy atom. The van der Waals surface area contributed by atoms with Crippen LogP contribution in [0.15, 0.2) is 59.2 Å². The predicted octanol–water partition coefficient (Wildman–Crippen LogP) is 4.20. The first kappa shape index (κ1) is 19.3. The number of benzene rings is 2. The van der Waals surface area contributed by atoms with Gasteiger partial charge in [-0.3, -0.25) is 9.59 Å². The summed E-state index contributed by atoms with van der Waals surface area (Å²) >= 11 is 7.50. The van der Waals surface area contributed by atoms with Crippen molar-refractivity contribution >= 4 is 40.9 Å². The molecule has 140 valence electrons. The van der Waals surface area contributed by atoms with E-state index >= 15 is 0 Å². The van der Waals surface area contributed by atoms with Gasteiger partial charge >= 0.3 is 0 Å². The van der Waals surface area contributed by atoms with Crippen LogP contribution in [0.5, 0.6) is 0 Å². The van der Waals surface area contributed by atoms with Gasteiger partial charge in [0.1, 0.15) is 10.7 Å². The van der Waals surface area contributed by atoms with Gasteiger partial charge < -0.3 is 15.4 Å². The number of nitrogens with one attached hydrogen (secondary N) is 2. The maximum absolute atomic E-state index is 12.7. The Labute approximate surface area is 167 Å². The lowest BCUT2D eigenvalue weighted by atomic mass is 10.1. The van der Waals surface area contributed by atoms with E-state index in [4.69, 9.17) is 16.3 Å². The van der Waals surface area contributed by atoms with E-state index in [9.17, 15) is 9.59 Å². The van der Waals surface area contributed by atoms with Crippen molar-refractivity contribution in [2.75, 3.05) is 17.7 Å². The van der Waals surface area contributed by atoms with Crippen LogP contribution < -0.4 is 10.6 Å². The van der Waals surface area contributed by atoms with Gasteiger partial charge in [-0.1, -0.05) is 41.9 Å². The topological polar surface area (TPSA) is 67.4 Å². The molecule has 2 N–H and O–H groups in total. The van der Waals surface area contributed by atoms with E-state index in [0.717, 1.165) is 5.56 Å². The van der Waals surface area contributed by atoms with Crippen LogP contribution in [-0.4, -0.2) is 24.2 Å². The summed E-state index contributed by atoms with van der Waals surface area (Å²) in [6.45, 7) is 2.73. The van der Waals surface area contributed by atoms with E-state index in [1.165, 1.54) is 11.8 Å². The largest absolute Gasteiger partial charge is 0.496 e. The average Bonchev–Trinajstić information content (AvgIpc) is 2.68. The molecule has 0 unspecified atom stereocenters. The number of carbonyl (C=O) groups is 2. The van der Waals surface area contributed by atoms with Crippen molar-refractivity contribution in [3.05, 3.63) is 75.3 Å². The standard InChI is InChI=1S/C20H19ClN2O3S/c1-13-18(27-10-9-26-13)20(25)23-17-8-7-15(21)11-16(17)19(24)22-12-14-5-3-2-4-6-14/h2-8,11H,9-10,12H2,1H3,(H,22,24)(H,23,25). The maximum atomic E-state index is 12.7. The van der Waals surface area contributed by atoms with Crippen molar-refractivity contribution in [3.63, 3.8) is 0 Å². The molecule has 1 aliphatic rings. The van der Waals surface area contributed by atoms with Gasteiger partial charge in [0.2, 0.25) is 0 Å². The van der Waals surface area contributed by atoms with Crippen molar-refractivity contribution in [2.45, 2.75) is 13.5 Å². The Hall–Kier alpha value is -2.44. The molecule has 1 aliphatic heterocycles. The van der Waals surface area contributed by atoms with Gasteiger partial charge in [0.25, 0.3) is 11.8 Å². The predicted molar refractivity (Wildman–Crippen MR) is 109 cm³/mol. The first-order chi connectivity index (χ1) is 13.0. The second kappa shape index (κ2) is 8.97. The summed E-state index contributed by atoms with van der Waals surface area (Å²) in [6.07, 6.45) is 0. The van der Waals surface area contributed by atoms with Gasteiger partial charge in [0, 0.05) is 17.3 Å². The summed E-state index contributed by atoms with van der Waals surface area (Å²) in [4.78, 5) is 25.8. The molecule has 0 aliphatic carbocycles. The van der Waals surface area contributed by atoms with Crippen molar-refractivity contribution in [1.29, 1.82) is 0 Å². The lowest BCUT2D eigenvalue weighted by Gasteiger charge is -2.18. The van der Waals surface area contributed by atoms with Gasteiger partial charge in [0.15, 0.2) is 0 Å². The number of carbonyl (C=O) groups excluding carboxylic acids is 2. The molecule has 27 heavy (non-hydrogen) atoms. The van der Waals surface area contributed by atoms with Crippen molar-refractivity contribution in [3.8, 4) is 0 Å². The number of halogens is 1. The number of ether oxygens (including phenoxy) is 1. The molecule has 0 aromatic heterocycles. The zero-order valence-electron chi connectivity index (χ0n) is 14.8. The minimum atomic E-state index is -0.310. The molecule has 0 fully saturated rings. The fraction of sp³-hybridized carbons (Fsp3) is 0.200. The summed E-state index contributed by atoms with van der Waals surface area (Å²) in [6, 6.07) is 14.4. The van der Waals surface area contributed by atoms with Crippen molar-refractivity contribution < 1.29 is 14.3 Å². The molecule has 5 nitrogen and oxygen atoms in total. The number of anilines is 1. The van der Waals surface area contributed by atoms with Crippen LogP contribution in [-0.2, 0) is 16.1 Å². The number of amides is 2. The highest BCUT2D eigenvalue weighted by Crippen LogP contribution is 2.28. The number of thioether (sulfide) groups is 1. The summed E-state index contributed by atoms with van der Waals surface area (Å²) in [5.41, 5.74) is 1.70. The Bertz CT molecular complexity index is 884. The van der Waals surface area contributed by atoms with Crippen LogP contribution in [0, 0.1) is 0 Å². The SMILES string of the molecule is CC1=C(C(=O)Nc2ccc(Cl)cc2C(=O)NCc2ccccc2)SCCO1. The van der Waals surface area contributed by atoms with Crippen LogP contribution in [0.3, 0.4) is 0 Å². The van der Waals surface area contributed by atoms with E-state index in [0.29, 0.717) is 45.8 Å². The van der Waals surface area contributed by atoms with E-state index in [1.807, 2.05) is 30.3 Å². The molecule has 0 spiro atoms. The number of hydrogen-bond donors (Lipinski definition) is 2. The van der Waals surface area contributed by atoms with E-state index in [2.05, 4.69) is 10.6 Å². The maximum Gasteiger partial charge on any atom is 0.265 e. The molecule has 0 bridgehead atoms. The molecule has 3 rings (SSSR count). The zero-order valence-corrected chi connectivity index (χ0v) is 16.3. The van der Waals surface area contributed by atoms with Crippen LogP contribution in [0.25, 0.3) is 0 Å². The zero-order chi connectivity index (χ0) is 19.2. The summed E-state index contributed by atoms with van der Waals surface area (Å²) < 4.78 is 5.43. The highest BCUT2D eigenvalue weighted by molar-refractivity contribution is 8.04. The Morgan fingerprint density at radius 1 is 1.15 bits per heavy atom. The highest BCUT2D eigenvalue weighted by atomic mass is 35.5. The molecular weight excluding hydrogens is 384 g/mol. The first-order valence-corrected chi connectivity index (χ1v) is 9.80. The third kappa shape index (κ3) is 5.05. The van der Waals surface area contributed by atoms with Crippen LogP contribution >= 0.6 is 23.4 Å². The molecule has 2 amide bonds. The quantitative estimate of drug-likeness (QED) is 0.786. The molecule has 2 aromatic rings. The third-order valence-electron chi connectivity index (χ3n) is 3.94. The van der Waals surface area contributed by atoms with Crippen LogP contribution in [0.4, 0.5) is 5.69 Å². The molecule has 1 heterocycles. The summed E-state index contributed by atoms with van der Waals surface area (Å²) in [5, 5.41) is 6.07. The molecule has 2 aromatic carbocycles. The summed E-state index contributed by atoms with van der Waals surface area (Å²) in [7, 11) is 0. The average molecular weight is 403 g/mol. The van der Waals surface area contributed by atoms with E-state index in [-0.39, 0.29) is 11.8 Å². The van der Waals surface area contributed by atoms with Gasteiger partial charge in [-0.15, -0.1) is 11.8 Å².